The number of hydrogen-bond donors (Lipinski definition) is 0. The number of ether oxygens (including phenoxy) is 3. The highest BCUT2D eigenvalue weighted by Crippen LogP contribution is 2.29. The van der Waals surface area contributed by atoms with Crippen LogP contribution in [0.2, 0.25) is 0 Å². The monoisotopic (exact) mass is 279 g/mol. The minimum atomic E-state index is -0.427. The van der Waals surface area contributed by atoms with Crippen molar-refractivity contribution in [1.82, 2.24) is 4.98 Å². The van der Waals surface area contributed by atoms with Crippen LogP contribution < -0.4 is 4.74 Å². The fourth-order valence-electron chi connectivity index (χ4n) is 2.68. The summed E-state index contributed by atoms with van der Waals surface area (Å²) in [6.07, 6.45) is 5.48. The largest absolute Gasteiger partial charge is 0.493 e. The summed E-state index contributed by atoms with van der Waals surface area (Å²) in [6.45, 7) is 8.30. The van der Waals surface area contributed by atoms with E-state index < -0.39 is 5.79 Å². The van der Waals surface area contributed by atoms with E-state index in [4.69, 9.17) is 14.2 Å². The first-order valence-electron chi connectivity index (χ1n) is 7.56. The number of rotatable bonds is 7. The lowest BCUT2D eigenvalue weighted by Crippen LogP contribution is -2.32. The van der Waals surface area contributed by atoms with Crippen LogP contribution in [0.3, 0.4) is 0 Å². The van der Waals surface area contributed by atoms with Gasteiger partial charge in [0.1, 0.15) is 5.75 Å². The molecule has 1 aromatic rings. The van der Waals surface area contributed by atoms with E-state index in [0.29, 0.717) is 19.8 Å². The van der Waals surface area contributed by atoms with Gasteiger partial charge in [0, 0.05) is 30.3 Å². The molecule has 4 heteroatoms. The van der Waals surface area contributed by atoms with Gasteiger partial charge in [-0.05, 0) is 19.4 Å². The molecule has 0 radical (unpaired) electrons. The quantitative estimate of drug-likeness (QED) is 0.768. The zero-order valence-corrected chi connectivity index (χ0v) is 12.8. The van der Waals surface area contributed by atoms with Gasteiger partial charge in [-0.25, -0.2) is 0 Å². The summed E-state index contributed by atoms with van der Waals surface area (Å²) in [4.78, 5) is 4.36. The second-order valence-electron chi connectivity index (χ2n) is 5.19. The Labute approximate surface area is 121 Å². The number of hydrogen-bond acceptors (Lipinski definition) is 4. The molecule has 2 rings (SSSR count). The van der Waals surface area contributed by atoms with Gasteiger partial charge in [-0.15, -0.1) is 0 Å². The Morgan fingerprint density at radius 3 is 2.65 bits per heavy atom. The molecule has 0 amide bonds. The van der Waals surface area contributed by atoms with Gasteiger partial charge in [-0.3, -0.25) is 4.98 Å². The Hall–Kier alpha value is -1.13. The summed E-state index contributed by atoms with van der Waals surface area (Å²) in [5.74, 6) is 0.491. The van der Waals surface area contributed by atoms with Crippen molar-refractivity contribution in [1.29, 1.82) is 0 Å². The van der Waals surface area contributed by atoms with Crippen molar-refractivity contribution in [2.24, 2.45) is 0 Å². The van der Waals surface area contributed by atoms with Crippen LogP contribution in [0.25, 0.3) is 0 Å². The van der Waals surface area contributed by atoms with Gasteiger partial charge in [0.2, 0.25) is 0 Å². The molecule has 0 atom stereocenters. The van der Waals surface area contributed by atoms with E-state index in [1.807, 2.05) is 12.3 Å². The number of nitrogens with zero attached hydrogens (tertiary/aromatic N) is 1. The molecule has 4 nitrogen and oxygen atoms in total. The highest BCUT2D eigenvalue weighted by atomic mass is 16.7. The normalized spacial score (nSPS) is 17.4. The number of aromatic nitrogens is 1. The van der Waals surface area contributed by atoms with E-state index in [9.17, 15) is 0 Å². The van der Waals surface area contributed by atoms with Gasteiger partial charge in [-0.2, -0.15) is 0 Å². The summed E-state index contributed by atoms with van der Waals surface area (Å²) < 4.78 is 17.5. The van der Waals surface area contributed by atoms with Crippen molar-refractivity contribution < 1.29 is 14.2 Å². The average molecular weight is 279 g/mol. The van der Waals surface area contributed by atoms with Crippen LogP contribution in [0.4, 0.5) is 0 Å². The molecule has 1 saturated heterocycles. The van der Waals surface area contributed by atoms with E-state index >= 15 is 0 Å². The van der Waals surface area contributed by atoms with Gasteiger partial charge < -0.3 is 14.2 Å². The maximum Gasteiger partial charge on any atom is 0.171 e. The minimum absolute atomic E-state index is 0.427. The molecule has 1 fully saturated rings. The molecule has 0 aromatic carbocycles. The van der Waals surface area contributed by atoms with Crippen LogP contribution >= 0.6 is 0 Å². The first-order chi connectivity index (χ1) is 9.71. The van der Waals surface area contributed by atoms with Crippen LogP contribution in [-0.2, 0) is 15.9 Å². The van der Waals surface area contributed by atoms with Crippen molar-refractivity contribution in [3.8, 4) is 5.75 Å². The zero-order chi connectivity index (χ0) is 14.4. The van der Waals surface area contributed by atoms with Crippen molar-refractivity contribution >= 4 is 0 Å². The standard InChI is InChI=1S/C16H25NO3/c1-4-7-16(19-11-12-20-16)8-10-18-15-6-9-17-14(5-2)13(15)3/h6,9H,4-5,7-8,10-12H2,1-3H3. The summed E-state index contributed by atoms with van der Waals surface area (Å²) in [5.41, 5.74) is 2.23. The van der Waals surface area contributed by atoms with Crippen molar-refractivity contribution in [3.05, 3.63) is 23.5 Å². The molecule has 1 aromatic heterocycles. The fourth-order valence-corrected chi connectivity index (χ4v) is 2.68. The van der Waals surface area contributed by atoms with E-state index in [1.165, 1.54) is 0 Å². The topological polar surface area (TPSA) is 40.6 Å². The lowest BCUT2D eigenvalue weighted by atomic mass is 10.1. The van der Waals surface area contributed by atoms with E-state index in [2.05, 4.69) is 25.8 Å². The summed E-state index contributed by atoms with van der Waals surface area (Å²) in [5, 5.41) is 0. The Balaban J connectivity index is 1.92. The predicted molar refractivity (Wildman–Crippen MR) is 78.0 cm³/mol. The second-order valence-corrected chi connectivity index (χ2v) is 5.19. The summed E-state index contributed by atoms with van der Waals surface area (Å²) in [6, 6.07) is 1.93. The Morgan fingerprint density at radius 2 is 2.00 bits per heavy atom. The van der Waals surface area contributed by atoms with Gasteiger partial charge in [0.15, 0.2) is 5.79 Å². The van der Waals surface area contributed by atoms with E-state index in [0.717, 1.165) is 42.7 Å². The molecule has 0 aliphatic carbocycles. The molecule has 1 aliphatic heterocycles. The Bertz CT molecular complexity index is 428. The van der Waals surface area contributed by atoms with Crippen LogP contribution in [0, 0.1) is 6.92 Å². The molecule has 0 unspecified atom stereocenters. The molecule has 0 spiro atoms. The van der Waals surface area contributed by atoms with Gasteiger partial charge in [0.05, 0.1) is 19.8 Å². The fraction of sp³-hybridized carbons (Fsp3) is 0.688. The molecule has 2 heterocycles. The number of aryl methyl sites for hydroxylation is 1. The smallest absolute Gasteiger partial charge is 0.171 e. The third kappa shape index (κ3) is 3.49. The van der Waals surface area contributed by atoms with E-state index in [-0.39, 0.29) is 0 Å². The van der Waals surface area contributed by atoms with Crippen molar-refractivity contribution in [3.63, 3.8) is 0 Å². The first kappa shape index (κ1) is 15.3. The zero-order valence-electron chi connectivity index (χ0n) is 12.8. The SMILES string of the molecule is CCCC1(CCOc2ccnc(CC)c2C)OCCO1. The molecule has 20 heavy (non-hydrogen) atoms. The summed E-state index contributed by atoms with van der Waals surface area (Å²) >= 11 is 0. The molecule has 0 N–H and O–H groups in total. The average Bonchev–Trinajstić information content (AvgIpc) is 2.90. The van der Waals surface area contributed by atoms with Gasteiger partial charge in [0.25, 0.3) is 0 Å². The van der Waals surface area contributed by atoms with Crippen LogP contribution in [-0.4, -0.2) is 30.6 Å². The first-order valence-corrected chi connectivity index (χ1v) is 7.56. The predicted octanol–water partition coefficient (Wildman–Crippen LogP) is 3.26. The second kappa shape index (κ2) is 7.04. The number of pyridine rings is 1. The molecule has 0 bridgehead atoms. The molecule has 1 aliphatic rings. The van der Waals surface area contributed by atoms with Gasteiger partial charge in [-0.1, -0.05) is 20.3 Å². The minimum Gasteiger partial charge on any atom is -0.493 e. The molecule has 0 saturated carbocycles. The van der Waals surface area contributed by atoms with E-state index in [1.54, 1.807) is 0 Å². The lowest BCUT2D eigenvalue weighted by molar-refractivity contribution is -0.170. The van der Waals surface area contributed by atoms with Crippen LogP contribution in [0.1, 0.15) is 44.4 Å². The maximum absolute atomic E-state index is 5.91. The van der Waals surface area contributed by atoms with Gasteiger partial charge >= 0.3 is 0 Å². The molecule has 112 valence electrons. The third-order valence-electron chi connectivity index (χ3n) is 3.78. The summed E-state index contributed by atoms with van der Waals surface area (Å²) in [7, 11) is 0. The van der Waals surface area contributed by atoms with Crippen molar-refractivity contribution in [2.45, 2.75) is 52.2 Å². The van der Waals surface area contributed by atoms with Crippen LogP contribution in [0.15, 0.2) is 12.3 Å². The van der Waals surface area contributed by atoms with Crippen molar-refractivity contribution in [2.75, 3.05) is 19.8 Å². The third-order valence-corrected chi connectivity index (χ3v) is 3.78. The van der Waals surface area contributed by atoms with Crippen LogP contribution in [0.5, 0.6) is 5.75 Å². The maximum atomic E-state index is 5.91. The Kier molecular flexibility index (Phi) is 5.38. The highest BCUT2D eigenvalue weighted by molar-refractivity contribution is 5.34. The Morgan fingerprint density at radius 1 is 1.25 bits per heavy atom. The molecular weight excluding hydrogens is 254 g/mol. The lowest BCUT2D eigenvalue weighted by Gasteiger charge is -2.27. The highest BCUT2D eigenvalue weighted by Gasteiger charge is 2.35. The molecular formula is C16H25NO3.